The average Bonchev–Trinajstić information content (AvgIpc) is 2.47. The van der Waals surface area contributed by atoms with E-state index in [0.717, 1.165) is 18.7 Å². The van der Waals surface area contributed by atoms with Gasteiger partial charge < -0.3 is 5.32 Å². The van der Waals surface area contributed by atoms with Gasteiger partial charge in [0.1, 0.15) is 5.82 Å². The van der Waals surface area contributed by atoms with Crippen molar-refractivity contribution in [2.75, 3.05) is 13.1 Å². The number of hydrogen-bond donors (Lipinski definition) is 1. The summed E-state index contributed by atoms with van der Waals surface area (Å²) in [4.78, 5) is 2.50. The van der Waals surface area contributed by atoms with Crippen LogP contribution in [0.4, 0.5) is 4.39 Å². The SMILES string of the molecule is CC(C)N(CC1CCCCN1)C(C)c1ccc(F)c(Br)c1. The topological polar surface area (TPSA) is 15.3 Å². The van der Waals surface area contributed by atoms with Gasteiger partial charge in [0.15, 0.2) is 0 Å². The summed E-state index contributed by atoms with van der Waals surface area (Å²) in [5, 5.41) is 3.62. The molecule has 0 radical (unpaired) electrons. The number of hydrogen-bond acceptors (Lipinski definition) is 2. The number of piperidine rings is 1. The summed E-state index contributed by atoms with van der Waals surface area (Å²) >= 11 is 3.29. The highest BCUT2D eigenvalue weighted by molar-refractivity contribution is 9.10. The van der Waals surface area contributed by atoms with Crippen molar-refractivity contribution in [1.82, 2.24) is 10.2 Å². The molecular weight excluding hydrogens is 331 g/mol. The molecule has 21 heavy (non-hydrogen) atoms. The normalized spacial score (nSPS) is 21.0. The van der Waals surface area contributed by atoms with E-state index in [1.807, 2.05) is 12.1 Å². The molecule has 0 saturated carbocycles. The molecule has 1 aliphatic heterocycles. The Kier molecular flexibility index (Phi) is 6.20. The van der Waals surface area contributed by atoms with Crippen LogP contribution in [0.3, 0.4) is 0 Å². The molecule has 0 bridgehead atoms. The van der Waals surface area contributed by atoms with Crippen LogP contribution in [-0.2, 0) is 0 Å². The van der Waals surface area contributed by atoms with Gasteiger partial charge in [-0.25, -0.2) is 4.39 Å². The highest BCUT2D eigenvalue weighted by Gasteiger charge is 2.24. The van der Waals surface area contributed by atoms with Crippen LogP contribution < -0.4 is 5.32 Å². The minimum Gasteiger partial charge on any atom is -0.313 e. The van der Waals surface area contributed by atoms with Crippen LogP contribution in [0, 0.1) is 5.82 Å². The summed E-state index contributed by atoms with van der Waals surface area (Å²) < 4.78 is 14.0. The predicted octanol–water partition coefficient (Wildman–Crippen LogP) is 4.50. The quantitative estimate of drug-likeness (QED) is 0.835. The summed E-state index contributed by atoms with van der Waals surface area (Å²) in [7, 11) is 0. The third-order valence-electron chi connectivity index (χ3n) is 4.43. The Labute approximate surface area is 136 Å². The number of benzene rings is 1. The zero-order valence-electron chi connectivity index (χ0n) is 13.2. The molecule has 0 amide bonds. The lowest BCUT2D eigenvalue weighted by molar-refractivity contribution is 0.138. The molecule has 1 aromatic carbocycles. The minimum atomic E-state index is -0.198. The maximum atomic E-state index is 13.4. The predicted molar refractivity (Wildman–Crippen MR) is 90.0 cm³/mol. The van der Waals surface area contributed by atoms with Crippen molar-refractivity contribution in [3.63, 3.8) is 0 Å². The van der Waals surface area contributed by atoms with Crippen molar-refractivity contribution in [1.29, 1.82) is 0 Å². The van der Waals surface area contributed by atoms with Gasteiger partial charge in [-0.05, 0) is 73.8 Å². The van der Waals surface area contributed by atoms with E-state index in [0.29, 0.717) is 16.6 Å². The van der Waals surface area contributed by atoms with E-state index < -0.39 is 0 Å². The third-order valence-corrected chi connectivity index (χ3v) is 5.04. The zero-order valence-corrected chi connectivity index (χ0v) is 14.8. The fourth-order valence-electron chi connectivity index (χ4n) is 3.11. The highest BCUT2D eigenvalue weighted by Crippen LogP contribution is 2.27. The molecular formula is C17H26BrFN2. The lowest BCUT2D eigenvalue weighted by atomic mass is 10.0. The number of rotatable bonds is 5. The van der Waals surface area contributed by atoms with Gasteiger partial charge in [0.2, 0.25) is 0 Å². The third kappa shape index (κ3) is 4.51. The maximum Gasteiger partial charge on any atom is 0.137 e. The Morgan fingerprint density at radius 1 is 1.33 bits per heavy atom. The van der Waals surface area contributed by atoms with Gasteiger partial charge in [0.25, 0.3) is 0 Å². The van der Waals surface area contributed by atoms with Crippen LogP contribution in [0.1, 0.15) is 51.6 Å². The molecule has 1 fully saturated rings. The summed E-state index contributed by atoms with van der Waals surface area (Å²) in [5.41, 5.74) is 1.16. The fraction of sp³-hybridized carbons (Fsp3) is 0.647. The van der Waals surface area contributed by atoms with Gasteiger partial charge in [-0.1, -0.05) is 12.5 Å². The Bertz CT molecular complexity index is 458. The summed E-state index contributed by atoms with van der Waals surface area (Å²) in [6.45, 7) is 8.86. The first-order chi connectivity index (χ1) is 9.99. The van der Waals surface area contributed by atoms with Crippen LogP contribution >= 0.6 is 15.9 Å². The number of nitrogens with one attached hydrogen (secondary N) is 1. The molecule has 1 aromatic rings. The van der Waals surface area contributed by atoms with E-state index in [9.17, 15) is 4.39 Å². The highest BCUT2D eigenvalue weighted by atomic mass is 79.9. The molecule has 2 atom stereocenters. The van der Waals surface area contributed by atoms with Gasteiger partial charge in [-0.2, -0.15) is 0 Å². The van der Waals surface area contributed by atoms with Crippen molar-refractivity contribution in [3.8, 4) is 0 Å². The Morgan fingerprint density at radius 2 is 2.10 bits per heavy atom. The summed E-state index contributed by atoms with van der Waals surface area (Å²) in [5.74, 6) is -0.198. The molecule has 0 spiro atoms. The number of halogens is 2. The van der Waals surface area contributed by atoms with Gasteiger partial charge in [0, 0.05) is 24.7 Å². The van der Waals surface area contributed by atoms with Crippen molar-refractivity contribution in [3.05, 3.63) is 34.1 Å². The minimum absolute atomic E-state index is 0.198. The first kappa shape index (κ1) is 16.9. The number of nitrogens with zero attached hydrogens (tertiary/aromatic N) is 1. The maximum absolute atomic E-state index is 13.4. The van der Waals surface area contributed by atoms with E-state index >= 15 is 0 Å². The van der Waals surface area contributed by atoms with Crippen molar-refractivity contribution >= 4 is 15.9 Å². The van der Waals surface area contributed by atoms with Gasteiger partial charge in [-0.15, -0.1) is 0 Å². The van der Waals surface area contributed by atoms with Crippen LogP contribution in [0.2, 0.25) is 0 Å². The molecule has 4 heteroatoms. The Balaban J connectivity index is 2.10. The van der Waals surface area contributed by atoms with E-state index in [4.69, 9.17) is 0 Å². The standard InChI is InChI=1S/C17H26BrFN2/c1-12(2)21(11-15-6-4-5-9-20-15)13(3)14-7-8-17(19)16(18)10-14/h7-8,10,12-13,15,20H,4-6,9,11H2,1-3H3. The van der Waals surface area contributed by atoms with E-state index in [1.165, 1.54) is 19.3 Å². The van der Waals surface area contributed by atoms with Crippen molar-refractivity contribution in [2.45, 2.75) is 58.2 Å². The second kappa shape index (κ2) is 7.70. The van der Waals surface area contributed by atoms with Crippen LogP contribution in [0.15, 0.2) is 22.7 Å². The van der Waals surface area contributed by atoms with E-state index in [-0.39, 0.29) is 11.9 Å². The zero-order chi connectivity index (χ0) is 15.4. The first-order valence-electron chi connectivity index (χ1n) is 7.93. The lowest BCUT2D eigenvalue weighted by Crippen LogP contribution is -2.46. The Morgan fingerprint density at radius 3 is 2.67 bits per heavy atom. The molecule has 0 aliphatic carbocycles. The van der Waals surface area contributed by atoms with E-state index in [2.05, 4.69) is 46.9 Å². The monoisotopic (exact) mass is 356 g/mol. The fourth-order valence-corrected chi connectivity index (χ4v) is 3.51. The molecule has 1 saturated heterocycles. The summed E-state index contributed by atoms with van der Waals surface area (Å²) in [6, 6.07) is 6.68. The van der Waals surface area contributed by atoms with Gasteiger partial charge >= 0.3 is 0 Å². The molecule has 118 valence electrons. The van der Waals surface area contributed by atoms with Crippen molar-refractivity contribution in [2.24, 2.45) is 0 Å². The largest absolute Gasteiger partial charge is 0.313 e. The van der Waals surface area contributed by atoms with Crippen LogP contribution in [0.5, 0.6) is 0 Å². The lowest BCUT2D eigenvalue weighted by Gasteiger charge is -2.37. The second-order valence-corrected chi connectivity index (χ2v) is 7.14. The van der Waals surface area contributed by atoms with Crippen LogP contribution in [-0.4, -0.2) is 30.1 Å². The van der Waals surface area contributed by atoms with Crippen LogP contribution in [0.25, 0.3) is 0 Å². The molecule has 0 aromatic heterocycles. The van der Waals surface area contributed by atoms with Crippen molar-refractivity contribution < 1.29 is 4.39 Å². The molecule has 1 N–H and O–H groups in total. The first-order valence-corrected chi connectivity index (χ1v) is 8.72. The average molecular weight is 357 g/mol. The summed E-state index contributed by atoms with van der Waals surface area (Å²) in [6.07, 6.45) is 3.86. The molecule has 2 rings (SSSR count). The second-order valence-electron chi connectivity index (χ2n) is 6.29. The van der Waals surface area contributed by atoms with Gasteiger partial charge in [0.05, 0.1) is 4.47 Å². The molecule has 1 aliphatic rings. The Hall–Kier alpha value is -0.450. The van der Waals surface area contributed by atoms with E-state index in [1.54, 1.807) is 6.07 Å². The molecule has 2 unspecified atom stereocenters. The van der Waals surface area contributed by atoms with Gasteiger partial charge in [-0.3, -0.25) is 4.90 Å². The smallest absolute Gasteiger partial charge is 0.137 e. The molecule has 2 nitrogen and oxygen atoms in total. The molecule has 1 heterocycles.